The molecule has 0 spiro atoms. The van der Waals surface area contributed by atoms with E-state index in [1.807, 2.05) is 13.8 Å². The molecule has 0 atom stereocenters. The number of aromatic nitrogens is 2. The maximum Gasteiger partial charge on any atom is 0.292 e. The average molecular weight is 312 g/mol. The van der Waals surface area contributed by atoms with Crippen molar-refractivity contribution in [3.05, 3.63) is 30.2 Å². The Morgan fingerprint density at radius 1 is 1.33 bits per heavy atom. The summed E-state index contributed by atoms with van der Waals surface area (Å²) in [6, 6.07) is 4.24. The smallest absolute Gasteiger partial charge is 0.292 e. The van der Waals surface area contributed by atoms with Crippen molar-refractivity contribution in [2.24, 2.45) is 0 Å². The minimum Gasteiger partial charge on any atom is -0.438 e. The lowest BCUT2D eigenvalue weighted by molar-refractivity contribution is 0.0990. The van der Waals surface area contributed by atoms with Crippen LogP contribution in [0.1, 0.15) is 30.4 Å². The van der Waals surface area contributed by atoms with Gasteiger partial charge < -0.3 is 9.73 Å². The largest absolute Gasteiger partial charge is 0.438 e. The quantitative estimate of drug-likeness (QED) is 0.863. The van der Waals surface area contributed by atoms with Gasteiger partial charge in [-0.25, -0.2) is 17.8 Å². The summed E-state index contributed by atoms with van der Waals surface area (Å²) < 4.78 is 31.9. The Morgan fingerprint density at radius 2 is 2.05 bits per heavy atom. The van der Waals surface area contributed by atoms with Crippen LogP contribution in [-0.4, -0.2) is 31.2 Å². The van der Waals surface area contributed by atoms with Gasteiger partial charge in [0.2, 0.25) is 5.09 Å². The Labute approximate surface area is 122 Å². The van der Waals surface area contributed by atoms with Crippen LogP contribution in [0.2, 0.25) is 0 Å². The summed E-state index contributed by atoms with van der Waals surface area (Å²) >= 11 is 0. The highest BCUT2D eigenvalue weighted by Gasteiger charge is 2.20. The lowest BCUT2D eigenvalue weighted by Gasteiger charge is -2.10. The van der Waals surface area contributed by atoms with Gasteiger partial charge in [0.25, 0.3) is 15.9 Å². The molecule has 8 nitrogen and oxygen atoms in total. The van der Waals surface area contributed by atoms with Gasteiger partial charge in [-0.1, -0.05) is 0 Å². The monoisotopic (exact) mass is 312 g/mol. The van der Waals surface area contributed by atoms with E-state index in [4.69, 9.17) is 4.42 Å². The second kappa shape index (κ2) is 5.70. The van der Waals surface area contributed by atoms with Crippen LogP contribution >= 0.6 is 0 Å². The number of furan rings is 1. The van der Waals surface area contributed by atoms with Gasteiger partial charge in [-0.2, -0.15) is 5.10 Å². The molecule has 0 aliphatic rings. The van der Waals surface area contributed by atoms with Crippen molar-refractivity contribution >= 4 is 21.7 Å². The van der Waals surface area contributed by atoms with Gasteiger partial charge in [-0.05, 0) is 33.0 Å². The van der Waals surface area contributed by atoms with Gasteiger partial charge >= 0.3 is 0 Å². The third-order valence-electron chi connectivity index (χ3n) is 2.74. The molecule has 0 aliphatic heterocycles. The number of carbonyl (C=O) groups is 1. The summed E-state index contributed by atoms with van der Waals surface area (Å²) in [5, 5.41) is 6.40. The number of carbonyl (C=O) groups excluding carboxylic acids is 1. The summed E-state index contributed by atoms with van der Waals surface area (Å²) in [4.78, 5) is 12.1. The highest BCUT2D eigenvalue weighted by molar-refractivity contribution is 7.89. The highest BCUT2D eigenvalue weighted by Crippen LogP contribution is 2.17. The summed E-state index contributed by atoms with van der Waals surface area (Å²) in [5.74, 6) is -0.139. The van der Waals surface area contributed by atoms with Crippen molar-refractivity contribution in [3.63, 3.8) is 0 Å². The predicted octanol–water partition coefficient (Wildman–Crippen LogP) is 1.22. The molecule has 0 aliphatic carbocycles. The number of anilines is 1. The molecule has 0 saturated heterocycles. The molecule has 0 fully saturated rings. The van der Waals surface area contributed by atoms with Gasteiger partial charge in [0.05, 0.1) is 6.20 Å². The molecule has 21 heavy (non-hydrogen) atoms. The maximum absolute atomic E-state index is 12.1. The summed E-state index contributed by atoms with van der Waals surface area (Å²) in [6.07, 6.45) is 1.56. The molecule has 0 unspecified atom stereocenters. The Balaban J connectivity index is 2.20. The standard InChI is InChI=1S/C12H16N4O4S/c1-8(2)16-10(6-7-14-16)15-12(17)9-4-5-11(20-9)21(18,19)13-3/h4-8,13H,1-3H3,(H,15,17). The van der Waals surface area contributed by atoms with Crippen molar-refractivity contribution in [2.45, 2.75) is 25.0 Å². The molecule has 2 aromatic rings. The number of rotatable bonds is 5. The zero-order valence-electron chi connectivity index (χ0n) is 11.8. The van der Waals surface area contributed by atoms with Crippen LogP contribution in [0.25, 0.3) is 0 Å². The number of nitrogens with one attached hydrogen (secondary N) is 2. The van der Waals surface area contributed by atoms with E-state index in [9.17, 15) is 13.2 Å². The summed E-state index contributed by atoms with van der Waals surface area (Å²) in [5.41, 5.74) is 0. The molecular weight excluding hydrogens is 296 g/mol. The molecule has 0 aromatic carbocycles. The molecule has 2 heterocycles. The van der Waals surface area contributed by atoms with E-state index in [0.29, 0.717) is 5.82 Å². The van der Waals surface area contributed by atoms with Crippen molar-refractivity contribution in [3.8, 4) is 0 Å². The first-order valence-corrected chi connectivity index (χ1v) is 7.71. The van der Waals surface area contributed by atoms with Gasteiger partial charge in [-0.3, -0.25) is 4.79 Å². The molecule has 1 amide bonds. The highest BCUT2D eigenvalue weighted by atomic mass is 32.2. The Kier molecular flexibility index (Phi) is 4.14. The van der Waals surface area contributed by atoms with E-state index < -0.39 is 15.9 Å². The van der Waals surface area contributed by atoms with E-state index in [-0.39, 0.29) is 16.9 Å². The molecule has 2 N–H and O–H groups in total. The third kappa shape index (κ3) is 3.14. The van der Waals surface area contributed by atoms with Crippen LogP contribution < -0.4 is 10.0 Å². The van der Waals surface area contributed by atoms with Crippen LogP contribution in [0.15, 0.2) is 33.9 Å². The molecule has 0 radical (unpaired) electrons. The first kappa shape index (κ1) is 15.3. The topological polar surface area (TPSA) is 106 Å². The number of sulfonamides is 1. The van der Waals surface area contributed by atoms with Gasteiger partial charge in [0.1, 0.15) is 5.82 Å². The van der Waals surface area contributed by atoms with E-state index in [1.54, 1.807) is 16.9 Å². The molecule has 2 aromatic heterocycles. The van der Waals surface area contributed by atoms with Crippen LogP contribution in [-0.2, 0) is 10.0 Å². The van der Waals surface area contributed by atoms with Crippen LogP contribution in [0.3, 0.4) is 0 Å². The second-order valence-corrected chi connectivity index (χ2v) is 6.35. The third-order valence-corrected chi connectivity index (χ3v) is 4.03. The average Bonchev–Trinajstić information content (AvgIpc) is 3.07. The van der Waals surface area contributed by atoms with Crippen molar-refractivity contribution < 1.29 is 17.6 Å². The van der Waals surface area contributed by atoms with Gasteiger partial charge in [0.15, 0.2) is 5.76 Å². The predicted molar refractivity (Wildman–Crippen MR) is 75.5 cm³/mol. The number of hydrogen-bond donors (Lipinski definition) is 2. The number of nitrogens with zero attached hydrogens (tertiary/aromatic N) is 2. The van der Waals surface area contributed by atoms with E-state index in [0.717, 1.165) is 0 Å². The molecule has 0 bridgehead atoms. The minimum atomic E-state index is -3.71. The van der Waals surface area contributed by atoms with Crippen LogP contribution in [0, 0.1) is 0 Å². The van der Waals surface area contributed by atoms with Crippen molar-refractivity contribution in [1.29, 1.82) is 0 Å². The normalized spacial score (nSPS) is 11.8. The molecule has 0 saturated carbocycles. The fraction of sp³-hybridized carbons (Fsp3) is 0.333. The second-order valence-electron chi connectivity index (χ2n) is 4.54. The van der Waals surface area contributed by atoms with E-state index in [2.05, 4.69) is 15.1 Å². The Bertz CT molecular complexity index is 745. The van der Waals surface area contributed by atoms with Crippen molar-refractivity contribution in [1.82, 2.24) is 14.5 Å². The van der Waals surface area contributed by atoms with E-state index in [1.165, 1.54) is 19.2 Å². The lowest BCUT2D eigenvalue weighted by Crippen LogP contribution is -2.18. The zero-order chi connectivity index (χ0) is 15.6. The van der Waals surface area contributed by atoms with E-state index >= 15 is 0 Å². The Morgan fingerprint density at radius 3 is 2.67 bits per heavy atom. The number of amides is 1. The Hall–Kier alpha value is -2.13. The minimum absolute atomic E-state index is 0.0760. The lowest BCUT2D eigenvalue weighted by atomic mass is 10.4. The number of hydrogen-bond acceptors (Lipinski definition) is 5. The van der Waals surface area contributed by atoms with Gasteiger partial charge in [-0.15, -0.1) is 0 Å². The van der Waals surface area contributed by atoms with Crippen LogP contribution in [0.5, 0.6) is 0 Å². The zero-order valence-corrected chi connectivity index (χ0v) is 12.6. The first-order chi connectivity index (χ1) is 9.85. The summed E-state index contributed by atoms with van der Waals surface area (Å²) in [6.45, 7) is 3.85. The molecule has 114 valence electrons. The first-order valence-electron chi connectivity index (χ1n) is 6.23. The molecule has 2 rings (SSSR count). The molecule has 9 heteroatoms. The fourth-order valence-corrected chi connectivity index (χ4v) is 2.34. The SMILES string of the molecule is CNS(=O)(=O)c1ccc(C(=O)Nc2ccnn2C(C)C)o1. The van der Waals surface area contributed by atoms with Crippen molar-refractivity contribution in [2.75, 3.05) is 12.4 Å². The van der Waals surface area contributed by atoms with Crippen LogP contribution in [0.4, 0.5) is 5.82 Å². The molecular formula is C12H16N4O4S. The summed E-state index contributed by atoms with van der Waals surface area (Å²) in [7, 11) is -2.45. The fourth-order valence-electron chi connectivity index (χ4n) is 1.69. The van der Waals surface area contributed by atoms with Gasteiger partial charge in [0, 0.05) is 12.1 Å². The maximum atomic E-state index is 12.1.